The van der Waals surface area contributed by atoms with Crippen molar-refractivity contribution in [3.63, 3.8) is 0 Å². The van der Waals surface area contributed by atoms with E-state index in [-0.39, 0.29) is 16.9 Å². The van der Waals surface area contributed by atoms with Crippen molar-refractivity contribution in [3.05, 3.63) is 0 Å². The molecule has 3 atom stereocenters. The number of fused-ring (bicyclic) bond motifs is 2. The molecule has 0 aromatic carbocycles. The number of hydrogen-bond acceptors (Lipinski definition) is 2. The Bertz CT molecular complexity index is 295. The van der Waals surface area contributed by atoms with Gasteiger partial charge in [0, 0.05) is 11.5 Å². The van der Waals surface area contributed by atoms with Gasteiger partial charge in [0.1, 0.15) is 0 Å². The van der Waals surface area contributed by atoms with Crippen LogP contribution in [0.4, 0.5) is 0 Å². The fraction of sp³-hybridized carbons (Fsp3) is 0.923. The van der Waals surface area contributed by atoms with Crippen LogP contribution in [0.1, 0.15) is 47.5 Å². The molecule has 0 saturated heterocycles. The third-order valence-corrected chi connectivity index (χ3v) is 5.05. The lowest BCUT2D eigenvalue weighted by atomic mass is 9.70. The molecule has 2 saturated carbocycles. The summed E-state index contributed by atoms with van der Waals surface area (Å²) in [7, 11) is 0. The molecular weight excluding hydrogens is 186 g/mol. The van der Waals surface area contributed by atoms with Crippen LogP contribution in [0.3, 0.4) is 0 Å². The van der Waals surface area contributed by atoms with E-state index in [0.29, 0.717) is 17.7 Å². The predicted octanol–water partition coefficient (Wildman–Crippen LogP) is 2.38. The number of Topliss-reactive ketones (excluding diaryl/α,β-unsaturated/α-hetero) is 1. The van der Waals surface area contributed by atoms with Gasteiger partial charge >= 0.3 is 0 Å². The Kier molecular flexibility index (Phi) is 2.27. The van der Waals surface area contributed by atoms with Crippen LogP contribution >= 0.6 is 0 Å². The maximum atomic E-state index is 12.4. The van der Waals surface area contributed by atoms with Gasteiger partial charge in [-0.15, -0.1) is 0 Å². The van der Waals surface area contributed by atoms with E-state index >= 15 is 0 Å². The molecular formula is C13H23NO. The van der Waals surface area contributed by atoms with E-state index in [4.69, 9.17) is 0 Å². The third kappa shape index (κ3) is 1.24. The van der Waals surface area contributed by atoms with Crippen LogP contribution < -0.4 is 5.32 Å². The Balaban J connectivity index is 2.30. The van der Waals surface area contributed by atoms with Crippen LogP contribution in [0.25, 0.3) is 0 Å². The van der Waals surface area contributed by atoms with Crippen LogP contribution in [0.2, 0.25) is 0 Å². The quantitative estimate of drug-likeness (QED) is 0.756. The standard InChI is InChI=1S/C13H23NO/c1-8(2)14-10-9-6-7-13(5,11(10)15)12(9,3)4/h8-10,14H,6-7H2,1-5H3/t9-,10+,13+/m1/s1. The molecule has 0 unspecified atom stereocenters. The molecule has 1 N–H and O–H groups in total. The first-order chi connectivity index (χ1) is 6.80. The fourth-order valence-electron chi connectivity index (χ4n) is 3.64. The molecule has 0 aromatic rings. The number of carbonyl (C=O) groups excluding carboxylic acids is 1. The predicted molar refractivity (Wildman–Crippen MR) is 61.7 cm³/mol. The Morgan fingerprint density at radius 1 is 1.33 bits per heavy atom. The minimum Gasteiger partial charge on any atom is -0.305 e. The van der Waals surface area contributed by atoms with Crippen LogP contribution in [0.5, 0.6) is 0 Å². The molecule has 0 aromatic heterocycles. The van der Waals surface area contributed by atoms with Gasteiger partial charge in [-0.3, -0.25) is 4.79 Å². The van der Waals surface area contributed by atoms with Crippen molar-refractivity contribution in [3.8, 4) is 0 Å². The zero-order valence-electron chi connectivity index (χ0n) is 10.6. The first-order valence-electron chi connectivity index (χ1n) is 6.11. The number of carbonyl (C=O) groups is 1. The Morgan fingerprint density at radius 2 is 1.93 bits per heavy atom. The van der Waals surface area contributed by atoms with Crippen molar-refractivity contribution in [2.45, 2.75) is 59.5 Å². The summed E-state index contributed by atoms with van der Waals surface area (Å²) in [5.74, 6) is 0.995. The van der Waals surface area contributed by atoms with Crippen LogP contribution in [0, 0.1) is 16.7 Å². The van der Waals surface area contributed by atoms with Gasteiger partial charge in [-0.05, 0) is 24.2 Å². The summed E-state index contributed by atoms with van der Waals surface area (Å²) in [5, 5.41) is 3.45. The van der Waals surface area contributed by atoms with Crippen LogP contribution in [-0.2, 0) is 4.79 Å². The zero-order valence-corrected chi connectivity index (χ0v) is 10.6. The van der Waals surface area contributed by atoms with Crippen LogP contribution in [0.15, 0.2) is 0 Å². The molecule has 0 aliphatic heterocycles. The number of hydrogen-bond donors (Lipinski definition) is 1. The van der Waals surface area contributed by atoms with Crippen molar-refractivity contribution < 1.29 is 4.79 Å². The zero-order chi connectivity index (χ0) is 11.4. The van der Waals surface area contributed by atoms with E-state index in [1.54, 1.807) is 0 Å². The number of nitrogens with one attached hydrogen (secondary N) is 1. The number of rotatable bonds is 2. The summed E-state index contributed by atoms with van der Waals surface area (Å²) in [6.07, 6.45) is 2.29. The molecule has 2 nitrogen and oxygen atoms in total. The molecule has 15 heavy (non-hydrogen) atoms. The molecule has 86 valence electrons. The minimum atomic E-state index is -0.0791. The Morgan fingerprint density at radius 3 is 2.33 bits per heavy atom. The normalized spacial score (nSPS) is 42.9. The van der Waals surface area contributed by atoms with E-state index < -0.39 is 0 Å². The summed E-state index contributed by atoms with van der Waals surface area (Å²) in [6, 6.07) is 0.511. The molecule has 2 fully saturated rings. The van der Waals surface area contributed by atoms with E-state index in [1.807, 2.05) is 0 Å². The van der Waals surface area contributed by atoms with Gasteiger partial charge in [0.05, 0.1) is 6.04 Å². The lowest BCUT2D eigenvalue weighted by Crippen LogP contribution is -2.46. The molecule has 0 spiro atoms. The van der Waals surface area contributed by atoms with Gasteiger partial charge in [0.2, 0.25) is 0 Å². The largest absolute Gasteiger partial charge is 0.305 e. The van der Waals surface area contributed by atoms with Crippen LogP contribution in [-0.4, -0.2) is 17.9 Å². The SMILES string of the molecule is CC(C)N[C@@H]1C(=O)[C@]2(C)CC[C@H]1C2(C)C. The fourth-order valence-corrected chi connectivity index (χ4v) is 3.64. The van der Waals surface area contributed by atoms with Gasteiger partial charge < -0.3 is 5.32 Å². The Labute approximate surface area is 92.8 Å². The highest BCUT2D eigenvalue weighted by Crippen LogP contribution is 2.63. The first kappa shape index (κ1) is 11.1. The molecule has 2 rings (SSSR count). The number of ketones is 1. The second-order valence-corrected chi connectivity index (χ2v) is 6.36. The van der Waals surface area contributed by atoms with Gasteiger partial charge in [-0.1, -0.05) is 34.6 Å². The van der Waals surface area contributed by atoms with Crippen molar-refractivity contribution in [2.24, 2.45) is 16.7 Å². The van der Waals surface area contributed by atoms with E-state index in [2.05, 4.69) is 39.9 Å². The van der Waals surface area contributed by atoms with Gasteiger partial charge in [-0.2, -0.15) is 0 Å². The van der Waals surface area contributed by atoms with Crippen molar-refractivity contribution >= 4 is 5.78 Å². The summed E-state index contributed by atoms with van der Waals surface area (Å²) >= 11 is 0. The third-order valence-electron chi connectivity index (χ3n) is 5.05. The molecule has 0 radical (unpaired) electrons. The lowest BCUT2D eigenvalue weighted by Gasteiger charge is -2.32. The Hall–Kier alpha value is -0.370. The average Bonchev–Trinajstić information content (AvgIpc) is 2.40. The van der Waals surface area contributed by atoms with E-state index in [1.165, 1.54) is 6.42 Å². The van der Waals surface area contributed by atoms with E-state index in [0.717, 1.165) is 6.42 Å². The van der Waals surface area contributed by atoms with Gasteiger partial charge in [0.15, 0.2) is 5.78 Å². The highest BCUT2D eigenvalue weighted by atomic mass is 16.1. The van der Waals surface area contributed by atoms with Crippen molar-refractivity contribution in [1.29, 1.82) is 0 Å². The maximum Gasteiger partial charge on any atom is 0.156 e. The minimum absolute atomic E-state index is 0.0791. The molecule has 2 heteroatoms. The molecule has 2 aliphatic carbocycles. The average molecular weight is 209 g/mol. The van der Waals surface area contributed by atoms with Gasteiger partial charge in [0.25, 0.3) is 0 Å². The second-order valence-electron chi connectivity index (χ2n) is 6.36. The molecule has 0 amide bonds. The lowest BCUT2D eigenvalue weighted by molar-refractivity contribution is -0.130. The summed E-state index contributed by atoms with van der Waals surface area (Å²) in [6.45, 7) is 10.9. The summed E-state index contributed by atoms with van der Waals surface area (Å²) < 4.78 is 0. The highest BCUT2D eigenvalue weighted by Gasteiger charge is 2.66. The maximum absolute atomic E-state index is 12.4. The van der Waals surface area contributed by atoms with E-state index in [9.17, 15) is 4.79 Å². The van der Waals surface area contributed by atoms with Crippen molar-refractivity contribution in [2.75, 3.05) is 0 Å². The summed E-state index contributed by atoms with van der Waals surface area (Å²) in [5.41, 5.74) is 0.0981. The topological polar surface area (TPSA) is 29.1 Å². The molecule has 0 heterocycles. The second kappa shape index (κ2) is 3.07. The smallest absolute Gasteiger partial charge is 0.156 e. The monoisotopic (exact) mass is 209 g/mol. The summed E-state index contributed by atoms with van der Waals surface area (Å²) in [4.78, 5) is 12.4. The molecule has 2 aliphatic rings. The van der Waals surface area contributed by atoms with Gasteiger partial charge in [-0.25, -0.2) is 0 Å². The first-order valence-corrected chi connectivity index (χ1v) is 6.11. The molecule has 2 bridgehead atoms. The highest BCUT2D eigenvalue weighted by molar-refractivity contribution is 5.94. The van der Waals surface area contributed by atoms with Crippen molar-refractivity contribution in [1.82, 2.24) is 5.32 Å².